The second-order valence-electron chi connectivity index (χ2n) is 4.38. The van der Waals surface area contributed by atoms with E-state index in [4.69, 9.17) is 15.3 Å². The molecule has 0 bridgehead atoms. The molecule has 1 unspecified atom stereocenters. The van der Waals surface area contributed by atoms with E-state index in [1.165, 1.54) is 65.1 Å². The number of hydrogen-bond acceptors (Lipinski definition) is 4. The van der Waals surface area contributed by atoms with Crippen molar-refractivity contribution in [2.75, 3.05) is 0 Å². The summed E-state index contributed by atoms with van der Waals surface area (Å²) in [5.41, 5.74) is -4.30. The van der Waals surface area contributed by atoms with E-state index in [9.17, 15) is 18.4 Å². The zero-order valence-corrected chi connectivity index (χ0v) is 13.3. The lowest BCUT2D eigenvalue weighted by Crippen LogP contribution is -2.42. The third kappa shape index (κ3) is 2.43. The van der Waals surface area contributed by atoms with E-state index in [0.29, 0.717) is 0 Å². The lowest BCUT2D eigenvalue weighted by molar-refractivity contribution is -0.246. The van der Waals surface area contributed by atoms with Gasteiger partial charge in [-0.3, -0.25) is 0 Å². The van der Waals surface area contributed by atoms with Crippen molar-refractivity contribution < 1.29 is 17.9 Å². The molecule has 0 spiro atoms. The van der Waals surface area contributed by atoms with Gasteiger partial charge < -0.3 is 4.74 Å². The molecule has 0 amide bonds. The molecule has 4 nitrogen and oxygen atoms in total. The van der Waals surface area contributed by atoms with Crippen LogP contribution in [0.4, 0.5) is 13.2 Å². The molecule has 2 rings (SSSR count). The highest BCUT2D eigenvalue weighted by Crippen LogP contribution is 2.57. The standard InChI is InChI=1S/C15H5F3IN3O/c16-15(17,18)14(10-4-2-1-3-5-10)13(19)11(8-22)12(23-14)9(6-20)7-21/h1-5H. The maximum absolute atomic E-state index is 13.8. The summed E-state index contributed by atoms with van der Waals surface area (Å²) in [6, 6.07) is 11.3. The van der Waals surface area contributed by atoms with Gasteiger partial charge in [-0.15, -0.1) is 0 Å². The highest BCUT2D eigenvalue weighted by Gasteiger charge is 2.65. The maximum Gasteiger partial charge on any atom is 0.437 e. The Morgan fingerprint density at radius 2 is 1.65 bits per heavy atom. The predicted molar refractivity (Wildman–Crippen MR) is 80.2 cm³/mol. The van der Waals surface area contributed by atoms with Crippen LogP contribution < -0.4 is 0 Å². The number of rotatable bonds is 1. The van der Waals surface area contributed by atoms with Crippen molar-refractivity contribution in [1.29, 1.82) is 15.8 Å². The molecule has 8 heteroatoms. The summed E-state index contributed by atoms with van der Waals surface area (Å²) in [4.78, 5) is 0. The number of nitrogens with zero attached hydrogens (tertiary/aromatic N) is 3. The lowest BCUT2D eigenvalue weighted by Gasteiger charge is -2.32. The van der Waals surface area contributed by atoms with Crippen molar-refractivity contribution >= 4 is 22.6 Å². The van der Waals surface area contributed by atoms with Gasteiger partial charge in [-0.2, -0.15) is 29.0 Å². The van der Waals surface area contributed by atoms with Gasteiger partial charge >= 0.3 is 6.18 Å². The number of ether oxygens (including phenoxy) is 1. The number of benzene rings is 1. The molecule has 1 aromatic carbocycles. The largest absolute Gasteiger partial charge is 0.464 e. The Labute approximate surface area is 142 Å². The van der Waals surface area contributed by atoms with Crippen LogP contribution in [0.1, 0.15) is 5.56 Å². The zero-order valence-electron chi connectivity index (χ0n) is 11.1. The van der Waals surface area contributed by atoms with Crippen LogP contribution >= 0.6 is 22.6 Å². The second-order valence-corrected chi connectivity index (χ2v) is 5.45. The Kier molecular flexibility index (Phi) is 4.35. The minimum Gasteiger partial charge on any atom is -0.464 e. The summed E-state index contributed by atoms with van der Waals surface area (Å²) in [7, 11) is 0. The average Bonchev–Trinajstić information content (AvgIpc) is 2.83. The van der Waals surface area contributed by atoms with Crippen LogP contribution in [0.25, 0.3) is 0 Å². The van der Waals surface area contributed by atoms with E-state index >= 15 is 0 Å². The Balaban J connectivity index is 2.87. The van der Waals surface area contributed by atoms with Gasteiger partial charge in [-0.25, -0.2) is 0 Å². The molecule has 0 saturated heterocycles. The molecular weight excluding hydrogens is 422 g/mol. The lowest BCUT2D eigenvalue weighted by atomic mass is 9.92. The van der Waals surface area contributed by atoms with Gasteiger partial charge in [0.2, 0.25) is 0 Å². The normalized spacial score (nSPS) is 20.3. The Hall–Kier alpha value is -2.51. The summed E-state index contributed by atoms with van der Waals surface area (Å²) < 4.78 is 46.2. The summed E-state index contributed by atoms with van der Waals surface area (Å²) in [6.07, 6.45) is -4.90. The molecule has 114 valence electrons. The fourth-order valence-electron chi connectivity index (χ4n) is 2.13. The Bertz CT molecular complexity index is 822. The Morgan fingerprint density at radius 3 is 2.09 bits per heavy atom. The summed E-state index contributed by atoms with van der Waals surface area (Å²) in [5, 5.41) is 27.0. The number of allylic oxidation sites excluding steroid dienone is 2. The molecule has 0 fully saturated rings. The molecule has 1 aromatic rings. The molecule has 0 N–H and O–H groups in total. The number of halogens is 4. The second kappa shape index (κ2) is 5.94. The van der Waals surface area contributed by atoms with Crippen LogP contribution in [0.5, 0.6) is 0 Å². The molecule has 0 aromatic heterocycles. The van der Waals surface area contributed by atoms with Gasteiger partial charge in [0.25, 0.3) is 5.60 Å². The van der Waals surface area contributed by atoms with Crippen LogP contribution in [-0.4, -0.2) is 6.18 Å². The molecule has 1 atom stereocenters. The van der Waals surface area contributed by atoms with Gasteiger partial charge in [0, 0.05) is 5.56 Å². The summed E-state index contributed by atoms with van der Waals surface area (Å²) in [6.45, 7) is 0. The average molecular weight is 427 g/mol. The van der Waals surface area contributed by atoms with Crippen molar-refractivity contribution in [1.82, 2.24) is 0 Å². The van der Waals surface area contributed by atoms with Gasteiger partial charge in [0.1, 0.15) is 23.8 Å². The van der Waals surface area contributed by atoms with Crippen molar-refractivity contribution in [2.45, 2.75) is 11.8 Å². The summed E-state index contributed by atoms with van der Waals surface area (Å²) in [5.74, 6) is -0.650. The van der Waals surface area contributed by atoms with Gasteiger partial charge in [0.05, 0.1) is 3.58 Å². The first-order valence-corrected chi connectivity index (χ1v) is 7.07. The summed E-state index contributed by atoms with van der Waals surface area (Å²) >= 11 is 1.38. The van der Waals surface area contributed by atoms with Crippen molar-refractivity contribution in [3.63, 3.8) is 0 Å². The quantitative estimate of drug-likeness (QED) is 0.502. The van der Waals surface area contributed by atoms with Gasteiger partial charge in [-0.1, -0.05) is 30.3 Å². The SMILES string of the molecule is N#CC(C#N)=C1OC(c2ccccc2)(C(F)(F)F)C(I)=C1C#N. The van der Waals surface area contributed by atoms with Crippen LogP contribution in [0.15, 0.2) is 50.8 Å². The monoisotopic (exact) mass is 427 g/mol. The van der Waals surface area contributed by atoms with Crippen LogP contribution in [0.3, 0.4) is 0 Å². The predicted octanol–water partition coefficient (Wildman–Crippen LogP) is 3.99. The molecule has 1 aliphatic heterocycles. The van der Waals surface area contributed by atoms with E-state index < -0.39 is 32.3 Å². The topological polar surface area (TPSA) is 80.6 Å². The Morgan fingerprint density at radius 1 is 1.09 bits per heavy atom. The van der Waals surface area contributed by atoms with E-state index in [0.717, 1.165) is 0 Å². The fourth-order valence-corrected chi connectivity index (χ4v) is 3.22. The van der Waals surface area contributed by atoms with Crippen LogP contribution in [0, 0.1) is 34.0 Å². The third-order valence-electron chi connectivity index (χ3n) is 3.15. The molecule has 0 saturated carbocycles. The number of nitriles is 3. The minimum atomic E-state index is -4.90. The highest BCUT2D eigenvalue weighted by molar-refractivity contribution is 14.1. The minimum absolute atomic E-state index is 0.241. The smallest absolute Gasteiger partial charge is 0.437 e. The molecule has 1 aliphatic rings. The molecule has 0 radical (unpaired) electrons. The molecule has 23 heavy (non-hydrogen) atoms. The van der Waals surface area contributed by atoms with E-state index in [1.807, 2.05) is 0 Å². The molecule has 0 aliphatic carbocycles. The van der Waals surface area contributed by atoms with Crippen LogP contribution in [0.2, 0.25) is 0 Å². The van der Waals surface area contributed by atoms with E-state index in [2.05, 4.69) is 0 Å². The van der Waals surface area contributed by atoms with Crippen LogP contribution in [-0.2, 0) is 10.3 Å². The van der Waals surface area contributed by atoms with E-state index in [-0.39, 0.29) is 5.56 Å². The molecule has 1 heterocycles. The number of hydrogen-bond donors (Lipinski definition) is 0. The van der Waals surface area contributed by atoms with Gasteiger partial charge in [-0.05, 0) is 22.6 Å². The fraction of sp³-hybridized carbons (Fsp3) is 0.133. The van der Waals surface area contributed by atoms with Crippen molar-refractivity contribution in [2.24, 2.45) is 0 Å². The van der Waals surface area contributed by atoms with E-state index in [1.54, 1.807) is 6.07 Å². The highest BCUT2D eigenvalue weighted by atomic mass is 127. The zero-order chi connectivity index (χ0) is 17.3. The maximum atomic E-state index is 13.8. The third-order valence-corrected chi connectivity index (χ3v) is 4.45. The van der Waals surface area contributed by atoms with Gasteiger partial charge in [0.15, 0.2) is 11.3 Å². The first kappa shape index (κ1) is 16.9. The van der Waals surface area contributed by atoms with Crippen molar-refractivity contribution in [3.05, 3.63) is 56.4 Å². The first-order chi connectivity index (χ1) is 10.8. The van der Waals surface area contributed by atoms with Crippen molar-refractivity contribution in [3.8, 4) is 18.2 Å². The number of alkyl halides is 3. The first-order valence-electron chi connectivity index (χ1n) is 6.00. The molecular formula is C15H5F3IN3O.